The number of aromatic nitrogens is 4. The molecule has 2 aliphatic heterocycles. The van der Waals surface area contributed by atoms with Crippen molar-refractivity contribution in [1.82, 2.24) is 25.1 Å². The number of imidazole rings is 1. The summed E-state index contributed by atoms with van der Waals surface area (Å²) in [6.07, 6.45) is 7.04. The van der Waals surface area contributed by atoms with Crippen molar-refractivity contribution in [1.29, 1.82) is 0 Å². The second-order valence-electron chi connectivity index (χ2n) is 7.13. The number of hydrogen-bond donors (Lipinski definition) is 1. The number of H-pyrrole nitrogens is 1. The molecule has 0 unspecified atom stereocenters. The van der Waals surface area contributed by atoms with E-state index >= 15 is 0 Å². The number of hydrogen-bond acceptors (Lipinski definition) is 6. The van der Waals surface area contributed by atoms with Gasteiger partial charge in [0.2, 0.25) is 11.0 Å². The Balaban J connectivity index is 1.57. The predicted molar refractivity (Wildman–Crippen MR) is 101 cm³/mol. The van der Waals surface area contributed by atoms with Crippen LogP contribution in [0.25, 0.3) is 0 Å². The van der Waals surface area contributed by atoms with E-state index < -0.39 is 0 Å². The summed E-state index contributed by atoms with van der Waals surface area (Å²) < 4.78 is 0. The molecule has 0 saturated carbocycles. The Labute approximate surface area is 157 Å². The van der Waals surface area contributed by atoms with Gasteiger partial charge in [0.15, 0.2) is 0 Å². The lowest BCUT2D eigenvalue weighted by molar-refractivity contribution is -0.140. The molecule has 4 heterocycles. The van der Waals surface area contributed by atoms with Gasteiger partial charge in [-0.25, -0.2) is 4.98 Å². The first kappa shape index (κ1) is 17.5. The Bertz CT molecular complexity index is 776. The summed E-state index contributed by atoms with van der Waals surface area (Å²) in [5.74, 6) is 0.230. The number of fused-ring (bicyclic) bond motifs is 2. The molecule has 0 aromatic carbocycles. The third kappa shape index (κ3) is 2.80. The molecular formula is C18H26N6OS. The van der Waals surface area contributed by atoms with Crippen LogP contribution in [-0.2, 0) is 23.2 Å². The number of anilines is 1. The smallest absolute Gasteiger partial charge is 0.223 e. The molecule has 140 valence electrons. The molecule has 1 amide bonds. The van der Waals surface area contributed by atoms with Crippen molar-refractivity contribution < 1.29 is 4.79 Å². The summed E-state index contributed by atoms with van der Waals surface area (Å²) in [6, 6.07) is 0. The molecule has 1 N–H and O–H groups in total. The van der Waals surface area contributed by atoms with E-state index in [2.05, 4.69) is 36.9 Å². The van der Waals surface area contributed by atoms with E-state index in [0.29, 0.717) is 6.42 Å². The molecule has 2 aliphatic rings. The molecule has 1 fully saturated rings. The van der Waals surface area contributed by atoms with Crippen molar-refractivity contribution in [3.63, 3.8) is 0 Å². The lowest BCUT2D eigenvalue weighted by Crippen LogP contribution is -2.58. The summed E-state index contributed by atoms with van der Waals surface area (Å²) in [5, 5.41) is 10.8. The Morgan fingerprint density at radius 3 is 2.81 bits per heavy atom. The quantitative estimate of drug-likeness (QED) is 0.890. The number of aryl methyl sites for hydroxylation is 1. The van der Waals surface area contributed by atoms with E-state index in [4.69, 9.17) is 0 Å². The highest BCUT2D eigenvalue weighted by atomic mass is 32.1. The van der Waals surface area contributed by atoms with Crippen molar-refractivity contribution in [3.8, 4) is 0 Å². The fourth-order valence-electron chi connectivity index (χ4n) is 4.29. The number of aromatic amines is 1. The van der Waals surface area contributed by atoms with Gasteiger partial charge >= 0.3 is 0 Å². The van der Waals surface area contributed by atoms with Crippen molar-refractivity contribution in [2.45, 2.75) is 57.9 Å². The molecule has 0 radical (unpaired) electrons. The van der Waals surface area contributed by atoms with Crippen LogP contribution in [0.5, 0.6) is 0 Å². The second-order valence-corrected chi connectivity index (χ2v) is 8.17. The zero-order valence-corrected chi connectivity index (χ0v) is 16.3. The van der Waals surface area contributed by atoms with Gasteiger partial charge in [-0.1, -0.05) is 25.2 Å². The molecule has 1 saturated heterocycles. The van der Waals surface area contributed by atoms with Crippen LogP contribution in [-0.4, -0.2) is 50.6 Å². The molecule has 0 bridgehead atoms. The van der Waals surface area contributed by atoms with Gasteiger partial charge in [-0.05, 0) is 19.3 Å². The maximum atomic E-state index is 12.7. The first-order valence-corrected chi connectivity index (χ1v) is 10.4. The highest BCUT2D eigenvalue weighted by Gasteiger charge is 2.48. The third-order valence-corrected chi connectivity index (χ3v) is 6.69. The fourth-order valence-corrected chi connectivity index (χ4v) is 5.29. The van der Waals surface area contributed by atoms with E-state index in [9.17, 15) is 4.79 Å². The molecule has 2 aromatic rings. The van der Waals surface area contributed by atoms with Gasteiger partial charge in [-0.2, -0.15) is 0 Å². The topological polar surface area (TPSA) is 78.0 Å². The Hall–Kier alpha value is -1.96. The highest BCUT2D eigenvalue weighted by molar-refractivity contribution is 7.15. The van der Waals surface area contributed by atoms with E-state index in [1.54, 1.807) is 17.7 Å². The van der Waals surface area contributed by atoms with Crippen LogP contribution in [0.4, 0.5) is 5.13 Å². The zero-order valence-electron chi connectivity index (χ0n) is 15.5. The normalized spacial score (nSPS) is 19.0. The van der Waals surface area contributed by atoms with Gasteiger partial charge in [0.05, 0.1) is 17.6 Å². The predicted octanol–water partition coefficient (Wildman–Crippen LogP) is 2.50. The van der Waals surface area contributed by atoms with Gasteiger partial charge < -0.3 is 14.8 Å². The monoisotopic (exact) mass is 374 g/mol. The molecule has 0 atom stereocenters. The van der Waals surface area contributed by atoms with Crippen LogP contribution in [0.15, 0.2) is 6.33 Å². The Morgan fingerprint density at radius 1 is 1.27 bits per heavy atom. The Morgan fingerprint density at radius 2 is 2.08 bits per heavy atom. The van der Waals surface area contributed by atoms with Gasteiger partial charge in [-0.3, -0.25) is 4.79 Å². The minimum Gasteiger partial charge on any atom is -0.348 e. The molecule has 4 rings (SSSR count). The van der Waals surface area contributed by atoms with Crippen LogP contribution in [0.1, 0.15) is 55.9 Å². The lowest BCUT2D eigenvalue weighted by atomic mass is 9.78. The Kier molecular flexibility index (Phi) is 4.69. The van der Waals surface area contributed by atoms with E-state index in [1.807, 2.05) is 6.92 Å². The molecule has 2 aromatic heterocycles. The fraction of sp³-hybridized carbons (Fsp3) is 0.667. The van der Waals surface area contributed by atoms with Crippen molar-refractivity contribution in [2.75, 3.05) is 24.5 Å². The van der Waals surface area contributed by atoms with E-state index in [-0.39, 0.29) is 11.4 Å². The number of carbonyl (C=O) groups excluding carboxylic acids is 1. The first-order valence-electron chi connectivity index (χ1n) is 9.58. The van der Waals surface area contributed by atoms with Gasteiger partial charge in [0.1, 0.15) is 5.01 Å². The standard InChI is InChI=1S/C18H26N6OS/c1-3-5-14-21-22-17(26-14)23-10-7-18(8-11-23)16-13(19-12-20-16)6-9-24(18)15(25)4-2/h12H,3-11H2,1-2H3,(H,19,20). The van der Waals surface area contributed by atoms with Crippen LogP contribution in [0, 0.1) is 0 Å². The average molecular weight is 375 g/mol. The number of carbonyl (C=O) groups is 1. The molecular weight excluding hydrogens is 348 g/mol. The number of nitrogens with zero attached hydrogens (tertiary/aromatic N) is 5. The summed E-state index contributed by atoms with van der Waals surface area (Å²) in [7, 11) is 0. The molecule has 7 nitrogen and oxygen atoms in total. The van der Waals surface area contributed by atoms with Crippen LogP contribution >= 0.6 is 11.3 Å². The zero-order chi connectivity index (χ0) is 18.1. The summed E-state index contributed by atoms with van der Waals surface area (Å²) >= 11 is 1.70. The van der Waals surface area contributed by atoms with Gasteiger partial charge in [0.25, 0.3) is 0 Å². The SMILES string of the molecule is CCCc1nnc(N2CCC3(CC2)c2nc[nH]c2CCN3C(=O)CC)s1. The maximum absolute atomic E-state index is 12.7. The van der Waals surface area contributed by atoms with Crippen molar-refractivity contribution in [2.24, 2.45) is 0 Å². The van der Waals surface area contributed by atoms with Crippen LogP contribution in [0.2, 0.25) is 0 Å². The largest absolute Gasteiger partial charge is 0.348 e. The lowest BCUT2D eigenvalue weighted by Gasteiger charge is -2.50. The second kappa shape index (κ2) is 6.98. The number of amides is 1. The van der Waals surface area contributed by atoms with Crippen LogP contribution in [0.3, 0.4) is 0 Å². The first-order chi connectivity index (χ1) is 12.7. The summed E-state index contributed by atoms with van der Waals surface area (Å²) in [5.41, 5.74) is 2.00. The minimum absolute atomic E-state index is 0.230. The number of nitrogens with one attached hydrogen (secondary N) is 1. The van der Waals surface area contributed by atoms with E-state index in [0.717, 1.165) is 67.6 Å². The molecule has 8 heteroatoms. The van der Waals surface area contributed by atoms with E-state index in [1.165, 1.54) is 5.69 Å². The highest BCUT2D eigenvalue weighted by Crippen LogP contribution is 2.43. The summed E-state index contributed by atoms with van der Waals surface area (Å²) in [6.45, 7) is 6.64. The number of rotatable bonds is 4. The van der Waals surface area contributed by atoms with Gasteiger partial charge in [-0.15, -0.1) is 10.2 Å². The number of piperidine rings is 1. The average Bonchev–Trinajstić information content (AvgIpc) is 3.32. The summed E-state index contributed by atoms with van der Waals surface area (Å²) in [4.78, 5) is 25.0. The molecule has 1 spiro atoms. The van der Waals surface area contributed by atoms with Crippen molar-refractivity contribution in [3.05, 3.63) is 22.7 Å². The molecule has 26 heavy (non-hydrogen) atoms. The third-order valence-electron chi connectivity index (χ3n) is 5.65. The van der Waals surface area contributed by atoms with Crippen molar-refractivity contribution >= 4 is 22.4 Å². The maximum Gasteiger partial charge on any atom is 0.223 e. The van der Waals surface area contributed by atoms with Gasteiger partial charge in [0, 0.05) is 44.6 Å². The van der Waals surface area contributed by atoms with Crippen LogP contribution < -0.4 is 4.90 Å². The minimum atomic E-state index is -0.270. The molecule has 0 aliphatic carbocycles.